The van der Waals surface area contributed by atoms with E-state index in [1.165, 1.54) is 0 Å². The Labute approximate surface area is 111 Å². The Morgan fingerprint density at radius 3 is 2.59 bits per heavy atom. The normalized spacial score (nSPS) is 11.4. The minimum atomic E-state index is 0.536. The van der Waals surface area contributed by atoms with E-state index in [2.05, 4.69) is 18.8 Å². The van der Waals surface area contributed by atoms with Crippen LogP contribution in [0.25, 0.3) is 10.9 Å². The van der Waals surface area contributed by atoms with Gasteiger partial charge in [-0.3, -0.25) is 4.98 Å². The highest BCUT2D eigenvalue weighted by molar-refractivity contribution is 6.39. The molecule has 0 amide bonds. The fourth-order valence-corrected chi connectivity index (χ4v) is 2.49. The lowest BCUT2D eigenvalue weighted by atomic mass is 10.1. The molecule has 0 saturated heterocycles. The van der Waals surface area contributed by atoms with Crippen LogP contribution in [0.1, 0.15) is 19.5 Å². The number of nitrogens with zero attached hydrogens (tertiary/aromatic N) is 1. The molecular formula is C13H14Cl2N2. The fourth-order valence-electron chi connectivity index (χ4n) is 1.90. The van der Waals surface area contributed by atoms with E-state index >= 15 is 0 Å². The summed E-state index contributed by atoms with van der Waals surface area (Å²) in [5.74, 6) is 0.536. The Morgan fingerprint density at radius 2 is 1.94 bits per heavy atom. The van der Waals surface area contributed by atoms with E-state index < -0.39 is 0 Å². The Morgan fingerprint density at radius 1 is 1.24 bits per heavy atom. The molecule has 17 heavy (non-hydrogen) atoms. The molecule has 0 atom stereocenters. The number of benzene rings is 1. The minimum Gasteiger partial charge on any atom is -0.398 e. The number of anilines is 1. The quantitative estimate of drug-likeness (QED) is 0.881. The number of halogens is 2. The molecule has 90 valence electrons. The van der Waals surface area contributed by atoms with Gasteiger partial charge in [0.1, 0.15) is 0 Å². The van der Waals surface area contributed by atoms with Crippen molar-refractivity contribution in [1.29, 1.82) is 0 Å². The molecule has 2 N–H and O–H groups in total. The van der Waals surface area contributed by atoms with Gasteiger partial charge in [0.15, 0.2) is 0 Å². The van der Waals surface area contributed by atoms with E-state index in [0.717, 1.165) is 23.0 Å². The van der Waals surface area contributed by atoms with Crippen LogP contribution in [-0.2, 0) is 6.42 Å². The van der Waals surface area contributed by atoms with Crippen molar-refractivity contribution in [1.82, 2.24) is 4.98 Å². The SMILES string of the molecule is CC(C)Cc1cc(N)c2c(Cl)cc(Cl)cc2n1. The molecule has 0 radical (unpaired) electrons. The summed E-state index contributed by atoms with van der Waals surface area (Å²) in [4.78, 5) is 4.55. The predicted molar refractivity (Wildman–Crippen MR) is 74.7 cm³/mol. The lowest BCUT2D eigenvalue weighted by molar-refractivity contribution is 0.637. The number of fused-ring (bicyclic) bond motifs is 1. The van der Waals surface area contributed by atoms with Crippen LogP contribution in [-0.4, -0.2) is 4.98 Å². The molecule has 0 fully saturated rings. The summed E-state index contributed by atoms with van der Waals surface area (Å²) >= 11 is 12.1. The largest absolute Gasteiger partial charge is 0.398 e. The van der Waals surface area contributed by atoms with Gasteiger partial charge in [-0.2, -0.15) is 0 Å². The average molecular weight is 269 g/mol. The molecule has 0 aliphatic heterocycles. The Hall–Kier alpha value is -0.990. The van der Waals surface area contributed by atoms with E-state index in [0.29, 0.717) is 21.7 Å². The third-order valence-electron chi connectivity index (χ3n) is 2.53. The molecule has 1 aromatic heterocycles. The third kappa shape index (κ3) is 2.64. The standard InChI is InChI=1S/C13H14Cl2N2/c1-7(2)3-9-6-11(16)13-10(15)4-8(14)5-12(13)17-9/h4-7H,3H2,1-2H3,(H2,16,17). The number of hydrogen-bond donors (Lipinski definition) is 1. The zero-order valence-corrected chi connectivity index (χ0v) is 11.3. The maximum Gasteiger partial charge on any atom is 0.0755 e. The summed E-state index contributed by atoms with van der Waals surface area (Å²) < 4.78 is 0. The van der Waals surface area contributed by atoms with Crippen LogP contribution >= 0.6 is 23.2 Å². The second-order valence-corrected chi connectivity index (χ2v) is 5.43. The van der Waals surface area contributed by atoms with Crippen molar-refractivity contribution < 1.29 is 0 Å². The second-order valence-electron chi connectivity index (χ2n) is 4.58. The molecule has 2 aromatic rings. The maximum atomic E-state index is 6.12. The van der Waals surface area contributed by atoms with E-state index in [9.17, 15) is 0 Å². The molecule has 0 unspecified atom stereocenters. The first-order valence-corrected chi connectivity index (χ1v) is 6.27. The van der Waals surface area contributed by atoms with Crippen molar-refractivity contribution in [2.45, 2.75) is 20.3 Å². The van der Waals surface area contributed by atoms with E-state index in [-0.39, 0.29) is 0 Å². The van der Waals surface area contributed by atoms with Gasteiger partial charge in [0, 0.05) is 21.8 Å². The van der Waals surface area contributed by atoms with Crippen molar-refractivity contribution in [2.24, 2.45) is 5.92 Å². The number of pyridine rings is 1. The van der Waals surface area contributed by atoms with E-state index in [1.807, 2.05) is 6.07 Å². The Bertz CT molecular complexity index is 565. The van der Waals surface area contributed by atoms with Gasteiger partial charge in [-0.05, 0) is 30.5 Å². The van der Waals surface area contributed by atoms with Crippen LogP contribution in [0.3, 0.4) is 0 Å². The van der Waals surface area contributed by atoms with Crippen molar-refractivity contribution >= 4 is 39.8 Å². The monoisotopic (exact) mass is 268 g/mol. The molecule has 2 nitrogen and oxygen atoms in total. The highest BCUT2D eigenvalue weighted by Gasteiger charge is 2.09. The molecule has 0 bridgehead atoms. The first-order valence-electron chi connectivity index (χ1n) is 5.51. The number of nitrogen functional groups attached to an aromatic ring is 1. The van der Waals surface area contributed by atoms with Crippen molar-refractivity contribution in [3.05, 3.63) is 33.9 Å². The van der Waals surface area contributed by atoms with Crippen LogP contribution in [0.5, 0.6) is 0 Å². The smallest absolute Gasteiger partial charge is 0.0755 e. The third-order valence-corrected chi connectivity index (χ3v) is 3.04. The average Bonchev–Trinajstić information content (AvgIpc) is 2.13. The van der Waals surface area contributed by atoms with E-state index in [1.54, 1.807) is 12.1 Å². The van der Waals surface area contributed by atoms with Crippen molar-refractivity contribution in [3.8, 4) is 0 Å². The van der Waals surface area contributed by atoms with Crippen LogP contribution in [0.15, 0.2) is 18.2 Å². The molecule has 2 rings (SSSR count). The van der Waals surface area contributed by atoms with Crippen LogP contribution < -0.4 is 5.73 Å². The van der Waals surface area contributed by atoms with Crippen LogP contribution in [0.2, 0.25) is 10.0 Å². The predicted octanol–water partition coefficient (Wildman–Crippen LogP) is 4.32. The summed E-state index contributed by atoms with van der Waals surface area (Å²) in [6, 6.07) is 5.37. The molecular weight excluding hydrogens is 255 g/mol. The molecule has 0 spiro atoms. The van der Waals surface area contributed by atoms with Gasteiger partial charge in [-0.15, -0.1) is 0 Å². The van der Waals surface area contributed by atoms with Gasteiger partial charge in [0.2, 0.25) is 0 Å². The van der Waals surface area contributed by atoms with Gasteiger partial charge in [0.05, 0.1) is 10.5 Å². The minimum absolute atomic E-state index is 0.536. The molecule has 1 heterocycles. The number of rotatable bonds is 2. The second kappa shape index (κ2) is 4.71. The zero-order valence-electron chi connectivity index (χ0n) is 9.80. The van der Waals surface area contributed by atoms with Gasteiger partial charge >= 0.3 is 0 Å². The highest BCUT2D eigenvalue weighted by Crippen LogP contribution is 2.31. The van der Waals surface area contributed by atoms with Gasteiger partial charge in [0.25, 0.3) is 0 Å². The molecule has 0 aliphatic rings. The maximum absolute atomic E-state index is 6.12. The summed E-state index contributed by atoms with van der Waals surface area (Å²) in [5, 5.41) is 1.91. The number of aromatic nitrogens is 1. The number of hydrogen-bond acceptors (Lipinski definition) is 2. The Kier molecular flexibility index (Phi) is 3.45. The summed E-state index contributed by atoms with van der Waals surface area (Å²) in [6.07, 6.45) is 0.893. The lowest BCUT2D eigenvalue weighted by Crippen LogP contribution is -2.00. The first-order chi connectivity index (χ1) is 7.97. The van der Waals surface area contributed by atoms with Gasteiger partial charge in [-0.25, -0.2) is 0 Å². The van der Waals surface area contributed by atoms with Crippen molar-refractivity contribution in [2.75, 3.05) is 5.73 Å². The summed E-state index contributed by atoms with van der Waals surface area (Å²) in [6.45, 7) is 4.29. The summed E-state index contributed by atoms with van der Waals surface area (Å²) in [7, 11) is 0. The topological polar surface area (TPSA) is 38.9 Å². The van der Waals surface area contributed by atoms with Crippen LogP contribution in [0.4, 0.5) is 5.69 Å². The fraction of sp³-hybridized carbons (Fsp3) is 0.308. The lowest BCUT2D eigenvalue weighted by Gasteiger charge is -2.09. The van der Waals surface area contributed by atoms with E-state index in [4.69, 9.17) is 28.9 Å². The number of nitrogens with two attached hydrogens (primary N) is 1. The molecule has 0 saturated carbocycles. The Balaban J connectivity index is 2.64. The van der Waals surface area contributed by atoms with Crippen molar-refractivity contribution in [3.63, 3.8) is 0 Å². The zero-order chi connectivity index (χ0) is 12.6. The molecule has 1 aromatic carbocycles. The van der Waals surface area contributed by atoms with Gasteiger partial charge in [-0.1, -0.05) is 37.0 Å². The van der Waals surface area contributed by atoms with Gasteiger partial charge < -0.3 is 5.73 Å². The summed E-state index contributed by atoms with van der Waals surface area (Å²) in [5.41, 5.74) is 8.41. The molecule has 0 aliphatic carbocycles. The van der Waals surface area contributed by atoms with Crippen LogP contribution in [0, 0.1) is 5.92 Å². The highest BCUT2D eigenvalue weighted by atomic mass is 35.5. The first kappa shape index (κ1) is 12.5. The molecule has 4 heteroatoms.